The van der Waals surface area contributed by atoms with Gasteiger partial charge in [-0.3, -0.25) is 9.36 Å². The topological polar surface area (TPSA) is 82.2 Å². The van der Waals surface area contributed by atoms with Crippen LogP contribution in [-0.4, -0.2) is 33.5 Å². The van der Waals surface area contributed by atoms with Crippen LogP contribution in [0, 0.1) is 0 Å². The molecule has 2 aromatic heterocycles. The number of carbonyl (C=O) groups excluding carboxylic acids is 1. The number of hydrogen-bond acceptors (Lipinski definition) is 6. The number of anilines is 1. The highest BCUT2D eigenvalue weighted by molar-refractivity contribution is 7.99. The number of methoxy groups -OCH3 is 1. The molecule has 0 aliphatic heterocycles. The zero-order valence-electron chi connectivity index (χ0n) is 16.7. The fourth-order valence-electron chi connectivity index (χ4n) is 3.07. The average Bonchev–Trinajstić information content (AvgIpc) is 3.36. The molecule has 0 aliphatic carbocycles. The Labute approximate surface area is 188 Å². The number of rotatable bonds is 8. The number of nitrogens with one attached hydrogen (secondary N) is 1. The second kappa shape index (κ2) is 9.28. The molecule has 0 aliphatic rings. The van der Waals surface area contributed by atoms with Crippen molar-refractivity contribution < 1.29 is 13.9 Å². The number of ether oxygens (including phenoxy) is 1. The van der Waals surface area contributed by atoms with Crippen LogP contribution in [-0.2, 0) is 11.3 Å². The Balaban J connectivity index is 1.55. The van der Waals surface area contributed by atoms with Crippen molar-refractivity contribution in [2.75, 3.05) is 18.2 Å². The summed E-state index contributed by atoms with van der Waals surface area (Å²) >= 11 is 7.24. The molecule has 1 amide bonds. The quantitative estimate of drug-likeness (QED) is 0.288. The van der Waals surface area contributed by atoms with E-state index in [1.807, 2.05) is 28.8 Å². The minimum Gasteiger partial charge on any atom is -0.493 e. The molecule has 158 valence electrons. The molecule has 0 saturated heterocycles. The Hall–Kier alpha value is -3.23. The minimum atomic E-state index is -0.171. The predicted molar refractivity (Wildman–Crippen MR) is 123 cm³/mol. The monoisotopic (exact) mass is 454 g/mol. The van der Waals surface area contributed by atoms with E-state index in [9.17, 15) is 4.79 Å². The van der Waals surface area contributed by atoms with Crippen LogP contribution >= 0.6 is 23.4 Å². The van der Waals surface area contributed by atoms with Crippen LogP contribution in [0.25, 0.3) is 22.6 Å². The fourth-order valence-corrected chi connectivity index (χ4v) is 4.01. The van der Waals surface area contributed by atoms with E-state index in [-0.39, 0.29) is 11.7 Å². The van der Waals surface area contributed by atoms with Gasteiger partial charge in [0.05, 0.1) is 12.9 Å². The van der Waals surface area contributed by atoms with Crippen molar-refractivity contribution >= 4 is 45.9 Å². The number of aromatic nitrogens is 3. The summed E-state index contributed by atoms with van der Waals surface area (Å²) in [4.78, 5) is 12.3. The van der Waals surface area contributed by atoms with Gasteiger partial charge in [-0.25, -0.2) is 0 Å². The molecule has 4 aromatic rings. The molecule has 0 spiro atoms. The highest BCUT2D eigenvalue weighted by Gasteiger charge is 2.19. The molecule has 4 rings (SSSR count). The van der Waals surface area contributed by atoms with E-state index in [2.05, 4.69) is 22.1 Å². The molecule has 0 saturated carbocycles. The van der Waals surface area contributed by atoms with Crippen LogP contribution in [0.4, 0.5) is 5.69 Å². The maximum absolute atomic E-state index is 12.3. The van der Waals surface area contributed by atoms with E-state index < -0.39 is 0 Å². The van der Waals surface area contributed by atoms with Crippen LogP contribution in [0.2, 0.25) is 5.02 Å². The van der Waals surface area contributed by atoms with E-state index in [0.717, 1.165) is 5.39 Å². The first-order valence-electron chi connectivity index (χ1n) is 9.38. The van der Waals surface area contributed by atoms with Crippen molar-refractivity contribution in [3.8, 4) is 17.3 Å². The molecule has 1 N–H and O–H groups in total. The summed E-state index contributed by atoms with van der Waals surface area (Å²) in [7, 11) is 1.60. The van der Waals surface area contributed by atoms with Crippen molar-refractivity contribution in [3.05, 3.63) is 66.2 Å². The number of furan rings is 1. The number of allylic oxidation sites excluding steroid dienone is 1. The van der Waals surface area contributed by atoms with E-state index >= 15 is 0 Å². The molecule has 0 bridgehead atoms. The third kappa shape index (κ3) is 4.60. The number of halogens is 1. The third-order valence-electron chi connectivity index (χ3n) is 4.42. The number of benzene rings is 2. The van der Waals surface area contributed by atoms with Gasteiger partial charge in [0.1, 0.15) is 0 Å². The van der Waals surface area contributed by atoms with E-state index in [4.69, 9.17) is 20.8 Å². The Morgan fingerprint density at radius 2 is 2.13 bits per heavy atom. The number of para-hydroxylation sites is 1. The van der Waals surface area contributed by atoms with Crippen LogP contribution < -0.4 is 10.1 Å². The van der Waals surface area contributed by atoms with Gasteiger partial charge in [-0.1, -0.05) is 47.6 Å². The summed E-state index contributed by atoms with van der Waals surface area (Å²) in [6, 6.07) is 14.6. The summed E-state index contributed by atoms with van der Waals surface area (Å²) in [5, 5.41) is 13.4. The van der Waals surface area contributed by atoms with Gasteiger partial charge in [0, 0.05) is 22.6 Å². The van der Waals surface area contributed by atoms with E-state index in [1.54, 1.807) is 37.5 Å². The van der Waals surface area contributed by atoms with E-state index in [1.165, 1.54) is 11.8 Å². The fraction of sp³-hybridized carbons (Fsp3) is 0.136. The van der Waals surface area contributed by atoms with Gasteiger partial charge in [-0.15, -0.1) is 16.8 Å². The number of hydrogen-bond donors (Lipinski definition) is 1. The van der Waals surface area contributed by atoms with Gasteiger partial charge in [0.25, 0.3) is 0 Å². The molecule has 0 radical (unpaired) electrons. The SMILES string of the molecule is C=CCn1c(SCC(=O)Nc2cccc(Cl)c2)nnc1-c1cc2cccc(OC)c2o1. The Morgan fingerprint density at radius 1 is 1.29 bits per heavy atom. The summed E-state index contributed by atoms with van der Waals surface area (Å²) in [6.07, 6.45) is 1.74. The molecule has 2 heterocycles. The lowest BCUT2D eigenvalue weighted by Gasteiger charge is -2.07. The highest BCUT2D eigenvalue weighted by atomic mass is 35.5. The standard InChI is InChI=1S/C22H19ClN4O3S/c1-3-10-27-21(18-11-14-6-4-9-17(29-2)20(14)30-18)25-26-22(27)31-13-19(28)24-16-8-5-7-15(23)12-16/h3-9,11-12H,1,10,13H2,2H3,(H,24,28). The first kappa shape index (κ1) is 21.0. The summed E-state index contributed by atoms with van der Waals surface area (Å²) < 4.78 is 13.2. The van der Waals surface area contributed by atoms with Crippen molar-refractivity contribution in [1.82, 2.24) is 14.8 Å². The Kier molecular flexibility index (Phi) is 6.29. The molecular weight excluding hydrogens is 436 g/mol. The highest BCUT2D eigenvalue weighted by Crippen LogP contribution is 2.33. The van der Waals surface area contributed by atoms with Gasteiger partial charge < -0.3 is 14.5 Å². The van der Waals surface area contributed by atoms with Crippen LogP contribution in [0.15, 0.2) is 70.8 Å². The average molecular weight is 455 g/mol. The van der Waals surface area contributed by atoms with Crippen LogP contribution in [0.5, 0.6) is 5.75 Å². The first-order valence-corrected chi connectivity index (χ1v) is 10.7. The Morgan fingerprint density at radius 3 is 2.90 bits per heavy atom. The van der Waals surface area contributed by atoms with Gasteiger partial charge in [-0.2, -0.15) is 0 Å². The third-order valence-corrected chi connectivity index (χ3v) is 5.62. The second-order valence-electron chi connectivity index (χ2n) is 6.54. The van der Waals surface area contributed by atoms with Crippen molar-refractivity contribution in [2.45, 2.75) is 11.7 Å². The van der Waals surface area contributed by atoms with Crippen LogP contribution in [0.1, 0.15) is 0 Å². The number of thioether (sulfide) groups is 1. The molecule has 0 fully saturated rings. The normalized spacial score (nSPS) is 10.9. The predicted octanol–water partition coefficient (Wildman–Crippen LogP) is 5.27. The first-order chi connectivity index (χ1) is 15.1. The van der Waals surface area contributed by atoms with Crippen molar-refractivity contribution in [3.63, 3.8) is 0 Å². The number of amides is 1. The Bertz CT molecular complexity index is 1250. The maximum Gasteiger partial charge on any atom is 0.234 e. The summed E-state index contributed by atoms with van der Waals surface area (Å²) in [5.41, 5.74) is 1.28. The van der Waals surface area contributed by atoms with Crippen molar-refractivity contribution in [2.24, 2.45) is 0 Å². The maximum atomic E-state index is 12.3. The molecular formula is C22H19ClN4O3S. The number of nitrogens with zero attached hydrogens (tertiary/aromatic N) is 3. The van der Waals surface area contributed by atoms with Gasteiger partial charge in [0.2, 0.25) is 11.7 Å². The molecule has 2 aromatic carbocycles. The smallest absolute Gasteiger partial charge is 0.234 e. The molecule has 0 atom stereocenters. The van der Waals surface area contributed by atoms with Gasteiger partial charge in [-0.05, 0) is 30.3 Å². The molecule has 31 heavy (non-hydrogen) atoms. The lowest BCUT2D eigenvalue weighted by atomic mass is 10.2. The van der Waals surface area contributed by atoms with Crippen LogP contribution in [0.3, 0.4) is 0 Å². The van der Waals surface area contributed by atoms with E-state index in [0.29, 0.717) is 45.3 Å². The van der Waals surface area contributed by atoms with Gasteiger partial charge in [0.15, 0.2) is 22.2 Å². The second-order valence-corrected chi connectivity index (χ2v) is 7.92. The lowest BCUT2D eigenvalue weighted by molar-refractivity contribution is -0.113. The number of carbonyl (C=O) groups is 1. The van der Waals surface area contributed by atoms with Gasteiger partial charge >= 0.3 is 0 Å². The zero-order chi connectivity index (χ0) is 21.8. The largest absolute Gasteiger partial charge is 0.493 e. The minimum absolute atomic E-state index is 0.162. The molecule has 7 nitrogen and oxygen atoms in total. The zero-order valence-corrected chi connectivity index (χ0v) is 18.2. The van der Waals surface area contributed by atoms with Crippen molar-refractivity contribution in [1.29, 1.82) is 0 Å². The summed E-state index contributed by atoms with van der Waals surface area (Å²) in [5.74, 6) is 1.75. The lowest BCUT2D eigenvalue weighted by Crippen LogP contribution is -2.14. The number of fused-ring (bicyclic) bond motifs is 1. The molecule has 9 heteroatoms. The molecule has 0 unspecified atom stereocenters. The summed E-state index contributed by atoms with van der Waals surface area (Å²) in [6.45, 7) is 4.28.